The molecule has 106 valence electrons. The number of rotatable bonds is 7. The first-order chi connectivity index (χ1) is 8.90. The van der Waals surface area contributed by atoms with Crippen molar-refractivity contribution in [3.05, 3.63) is 18.0 Å². The fourth-order valence-electron chi connectivity index (χ4n) is 1.47. The van der Waals surface area contributed by atoms with E-state index >= 15 is 0 Å². The molecule has 0 aliphatic carbocycles. The summed E-state index contributed by atoms with van der Waals surface area (Å²) >= 11 is 0. The van der Waals surface area contributed by atoms with E-state index in [1.807, 2.05) is 13.8 Å². The maximum absolute atomic E-state index is 10.9. The maximum Gasteiger partial charge on any atom is 0.323 e. The molecule has 2 atom stereocenters. The van der Waals surface area contributed by atoms with Crippen LogP contribution in [0.2, 0.25) is 0 Å². The predicted octanol–water partition coefficient (Wildman–Crippen LogP) is 0.221. The van der Waals surface area contributed by atoms with Gasteiger partial charge in [0.15, 0.2) is 0 Å². The molecule has 0 fully saturated rings. The molecule has 1 rings (SSSR count). The Kier molecular flexibility index (Phi) is 5.65. The zero-order valence-corrected chi connectivity index (χ0v) is 11.3. The van der Waals surface area contributed by atoms with Gasteiger partial charge < -0.3 is 15.5 Å². The summed E-state index contributed by atoms with van der Waals surface area (Å²) in [6, 6.07) is -0.760. The molecule has 7 heteroatoms. The van der Waals surface area contributed by atoms with Crippen LogP contribution in [-0.4, -0.2) is 44.3 Å². The van der Waals surface area contributed by atoms with E-state index in [9.17, 15) is 9.90 Å². The maximum atomic E-state index is 10.9. The second-order valence-electron chi connectivity index (χ2n) is 4.65. The molecule has 19 heavy (non-hydrogen) atoms. The third kappa shape index (κ3) is 5.19. The van der Waals surface area contributed by atoms with Crippen molar-refractivity contribution in [1.82, 2.24) is 15.3 Å². The normalized spacial score (nSPS) is 14.2. The zero-order valence-electron chi connectivity index (χ0n) is 11.3. The highest BCUT2D eigenvalue weighted by Gasteiger charge is 2.22. The topological polar surface area (TPSA) is 107 Å². The van der Waals surface area contributed by atoms with Gasteiger partial charge in [-0.3, -0.25) is 10.1 Å². The Morgan fingerprint density at radius 1 is 1.32 bits per heavy atom. The van der Waals surface area contributed by atoms with Gasteiger partial charge in [-0.1, -0.05) is 0 Å². The van der Waals surface area contributed by atoms with Crippen LogP contribution in [0.25, 0.3) is 0 Å². The SMILES string of the molecule is CC(C)Nc1ncc(CNC(C(=O)O)C(C)O)cn1. The fourth-order valence-corrected chi connectivity index (χ4v) is 1.47. The summed E-state index contributed by atoms with van der Waals surface area (Å²) in [5, 5.41) is 24.0. The molecule has 0 bridgehead atoms. The summed E-state index contributed by atoms with van der Waals surface area (Å²) in [4.78, 5) is 19.1. The quantitative estimate of drug-likeness (QED) is 0.560. The van der Waals surface area contributed by atoms with E-state index in [0.717, 1.165) is 5.56 Å². The van der Waals surface area contributed by atoms with E-state index in [2.05, 4.69) is 20.6 Å². The number of hydrogen-bond acceptors (Lipinski definition) is 6. The number of nitrogens with zero attached hydrogens (tertiary/aromatic N) is 2. The molecule has 0 spiro atoms. The van der Waals surface area contributed by atoms with Crippen molar-refractivity contribution in [2.45, 2.75) is 45.5 Å². The smallest absolute Gasteiger partial charge is 0.323 e. The van der Waals surface area contributed by atoms with Crippen LogP contribution in [0.1, 0.15) is 26.3 Å². The van der Waals surface area contributed by atoms with Gasteiger partial charge in [0.1, 0.15) is 6.04 Å². The minimum Gasteiger partial charge on any atom is -0.480 e. The first-order valence-corrected chi connectivity index (χ1v) is 6.12. The molecule has 0 saturated carbocycles. The second kappa shape index (κ2) is 7.01. The first-order valence-electron chi connectivity index (χ1n) is 6.12. The molecule has 0 radical (unpaired) electrons. The van der Waals surface area contributed by atoms with Gasteiger partial charge in [0.05, 0.1) is 6.10 Å². The number of carboxylic acid groups (broad SMARTS) is 1. The average molecular weight is 268 g/mol. The second-order valence-corrected chi connectivity index (χ2v) is 4.65. The Morgan fingerprint density at radius 2 is 1.89 bits per heavy atom. The molecule has 0 aromatic carbocycles. The lowest BCUT2D eigenvalue weighted by Crippen LogP contribution is -2.44. The third-order valence-electron chi connectivity index (χ3n) is 2.40. The van der Waals surface area contributed by atoms with Gasteiger partial charge in [-0.15, -0.1) is 0 Å². The van der Waals surface area contributed by atoms with Gasteiger partial charge in [-0.2, -0.15) is 0 Å². The Bertz CT molecular complexity index is 406. The number of carbonyl (C=O) groups is 1. The summed E-state index contributed by atoms with van der Waals surface area (Å²) in [7, 11) is 0. The van der Waals surface area contributed by atoms with Gasteiger partial charge in [0.2, 0.25) is 5.95 Å². The van der Waals surface area contributed by atoms with Crippen molar-refractivity contribution in [3.63, 3.8) is 0 Å². The van der Waals surface area contributed by atoms with E-state index in [1.54, 1.807) is 12.4 Å². The van der Waals surface area contributed by atoms with Gasteiger partial charge in [0, 0.05) is 30.5 Å². The van der Waals surface area contributed by atoms with Crippen LogP contribution in [0, 0.1) is 0 Å². The first kappa shape index (κ1) is 15.3. The van der Waals surface area contributed by atoms with Gasteiger partial charge in [-0.25, -0.2) is 9.97 Å². The molecule has 0 aliphatic heterocycles. The Balaban J connectivity index is 2.56. The van der Waals surface area contributed by atoms with Crippen LogP contribution < -0.4 is 10.6 Å². The standard InChI is InChI=1S/C12H20N4O3/c1-7(2)16-12-14-5-9(6-15-12)4-13-10(8(3)17)11(18)19/h5-8,10,13,17H,4H2,1-3H3,(H,18,19)(H,14,15,16). The van der Waals surface area contributed by atoms with E-state index in [4.69, 9.17) is 5.11 Å². The lowest BCUT2D eigenvalue weighted by atomic mass is 10.2. The van der Waals surface area contributed by atoms with Crippen LogP contribution >= 0.6 is 0 Å². The molecule has 7 nitrogen and oxygen atoms in total. The zero-order chi connectivity index (χ0) is 14.4. The van der Waals surface area contributed by atoms with Crippen molar-refractivity contribution in [1.29, 1.82) is 0 Å². The van der Waals surface area contributed by atoms with Gasteiger partial charge >= 0.3 is 5.97 Å². The predicted molar refractivity (Wildman–Crippen MR) is 70.7 cm³/mol. The summed E-state index contributed by atoms with van der Waals surface area (Å²) in [5.41, 5.74) is 0.751. The van der Waals surface area contributed by atoms with E-state index in [0.29, 0.717) is 5.95 Å². The van der Waals surface area contributed by atoms with Crippen LogP contribution in [0.3, 0.4) is 0 Å². The number of anilines is 1. The number of aromatic nitrogens is 2. The van der Waals surface area contributed by atoms with Crippen molar-refractivity contribution in [2.75, 3.05) is 5.32 Å². The molecule has 2 unspecified atom stereocenters. The Hall–Kier alpha value is -1.73. The number of aliphatic hydroxyl groups excluding tert-OH is 1. The number of hydrogen-bond donors (Lipinski definition) is 4. The summed E-state index contributed by atoms with van der Waals surface area (Å²) in [5.74, 6) is -0.557. The molecular weight excluding hydrogens is 248 g/mol. The number of aliphatic hydroxyl groups is 1. The van der Waals surface area contributed by atoms with Crippen molar-refractivity contribution >= 4 is 11.9 Å². The van der Waals surface area contributed by atoms with Crippen LogP contribution in [0.15, 0.2) is 12.4 Å². The van der Waals surface area contributed by atoms with E-state index < -0.39 is 18.1 Å². The molecule has 0 saturated heterocycles. The highest BCUT2D eigenvalue weighted by molar-refractivity contribution is 5.74. The lowest BCUT2D eigenvalue weighted by Gasteiger charge is -2.16. The largest absolute Gasteiger partial charge is 0.480 e. The summed E-state index contributed by atoms with van der Waals surface area (Å²) in [6.07, 6.45) is 2.26. The molecule has 0 amide bonds. The number of aliphatic carboxylic acids is 1. The lowest BCUT2D eigenvalue weighted by molar-refractivity contribution is -0.142. The Morgan fingerprint density at radius 3 is 2.32 bits per heavy atom. The van der Waals surface area contributed by atoms with Crippen LogP contribution in [0.5, 0.6) is 0 Å². The summed E-state index contributed by atoms with van der Waals surface area (Å²) < 4.78 is 0. The van der Waals surface area contributed by atoms with E-state index in [1.165, 1.54) is 6.92 Å². The molecule has 1 aromatic rings. The fraction of sp³-hybridized carbons (Fsp3) is 0.583. The number of nitrogens with one attached hydrogen (secondary N) is 2. The van der Waals surface area contributed by atoms with Crippen LogP contribution in [0.4, 0.5) is 5.95 Å². The molecule has 0 aliphatic rings. The van der Waals surface area contributed by atoms with Crippen molar-refractivity contribution in [3.8, 4) is 0 Å². The molecular formula is C12H20N4O3. The minimum atomic E-state index is -1.09. The van der Waals surface area contributed by atoms with Gasteiger partial charge in [0.25, 0.3) is 0 Å². The number of carboxylic acids is 1. The van der Waals surface area contributed by atoms with Crippen LogP contribution in [-0.2, 0) is 11.3 Å². The van der Waals surface area contributed by atoms with Gasteiger partial charge in [-0.05, 0) is 20.8 Å². The molecule has 1 aromatic heterocycles. The highest BCUT2D eigenvalue weighted by Crippen LogP contribution is 2.03. The van der Waals surface area contributed by atoms with Crippen molar-refractivity contribution in [2.24, 2.45) is 0 Å². The Labute approximate surface area is 112 Å². The highest BCUT2D eigenvalue weighted by atomic mass is 16.4. The monoisotopic (exact) mass is 268 g/mol. The molecule has 1 heterocycles. The third-order valence-corrected chi connectivity index (χ3v) is 2.40. The summed E-state index contributed by atoms with van der Waals surface area (Å²) in [6.45, 7) is 5.68. The minimum absolute atomic E-state index is 0.246. The van der Waals surface area contributed by atoms with E-state index in [-0.39, 0.29) is 12.6 Å². The molecule has 4 N–H and O–H groups in total. The van der Waals surface area contributed by atoms with Crippen molar-refractivity contribution < 1.29 is 15.0 Å². The average Bonchev–Trinajstić information content (AvgIpc) is 2.29.